The molecule has 2 fully saturated rings. The van der Waals surface area contributed by atoms with Gasteiger partial charge in [0.1, 0.15) is 0 Å². The highest BCUT2D eigenvalue weighted by atomic mass is 16.5. The van der Waals surface area contributed by atoms with Crippen LogP contribution in [0.3, 0.4) is 0 Å². The van der Waals surface area contributed by atoms with Crippen molar-refractivity contribution in [2.75, 3.05) is 18.5 Å². The zero-order chi connectivity index (χ0) is 23.7. The fourth-order valence-electron chi connectivity index (χ4n) is 4.92. The van der Waals surface area contributed by atoms with Gasteiger partial charge in [-0.25, -0.2) is 9.67 Å². The number of aromatic nitrogens is 3. The van der Waals surface area contributed by atoms with Gasteiger partial charge in [0, 0.05) is 38.3 Å². The molecule has 1 saturated heterocycles. The molecule has 2 N–H and O–H groups in total. The molecule has 0 atom stereocenters. The maximum atomic E-state index is 13.8. The summed E-state index contributed by atoms with van der Waals surface area (Å²) in [7, 11) is 0. The molecule has 1 aromatic carbocycles. The lowest BCUT2D eigenvalue weighted by Crippen LogP contribution is -2.32. The van der Waals surface area contributed by atoms with Gasteiger partial charge in [0.25, 0.3) is 5.91 Å². The molecule has 0 radical (unpaired) electrons. The van der Waals surface area contributed by atoms with E-state index in [0.717, 1.165) is 73.4 Å². The van der Waals surface area contributed by atoms with E-state index < -0.39 is 0 Å². The Hall–Kier alpha value is -2.93. The summed E-state index contributed by atoms with van der Waals surface area (Å²) >= 11 is 0. The fraction of sp³-hybridized carbons (Fsp3) is 0.519. The standard InChI is InChI=1S/C27H35N5O2/c1-4-32-26-22(16-29-32)25(30-21-10-12-34-13-11-21)23(24(31-26)20-6-5-7-20)27(33)28-15-19-9-8-17(2)18(3)14-19/h8-9,14,16,20-21H,4-7,10-13,15H2,1-3H3,(H,28,33)(H,30,31). The number of nitrogens with zero attached hydrogens (tertiary/aromatic N) is 3. The molecule has 0 bridgehead atoms. The average molecular weight is 462 g/mol. The van der Waals surface area contributed by atoms with Gasteiger partial charge in [-0.15, -0.1) is 0 Å². The minimum atomic E-state index is -0.0617. The van der Waals surface area contributed by atoms with Crippen LogP contribution < -0.4 is 10.6 Å². The Kier molecular flexibility index (Phi) is 6.55. The number of anilines is 1. The van der Waals surface area contributed by atoms with Crippen LogP contribution >= 0.6 is 0 Å². The molecule has 7 nitrogen and oxygen atoms in total. The Morgan fingerprint density at radius 2 is 1.94 bits per heavy atom. The molecule has 3 aromatic rings. The summed E-state index contributed by atoms with van der Waals surface area (Å²) in [4.78, 5) is 18.8. The van der Waals surface area contributed by atoms with Gasteiger partial charge in [-0.3, -0.25) is 4.79 Å². The van der Waals surface area contributed by atoms with Crippen molar-refractivity contribution >= 4 is 22.6 Å². The second kappa shape index (κ2) is 9.74. The third kappa shape index (κ3) is 4.41. The van der Waals surface area contributed by atoms with Gasteiger partial charge >= 0.3 is 0 Å². The second-order valence-electron chi connectivity index (χ2n) is 9.70. The number of aryl methyl sites for hydroxylation is 3. The van der Waals surface area contributed by atoms with Crippen molar-refractivity contribution in [1.82, 2.24) is 20.1 Å². The first-order valence-electron chi connectivity index (χ1n) is 12.6. The number of carbonyl (C=O) groups excluding carboxylic acids is 1. The molecular formula is C27H35N5O2. The van der Waals surface area contributed by atoms with Gasteiger partial charge in [0.05, 0.1) is 28.5 Å². The Morgan fingerprint density at radius 3 is 2.62 bits per heavy atom. The van der Waals surface area contributed by atoms with E-state index in [2.05, 4.69) is 54.7 Å². The number of pyridine rings is 1. The lowest BCUT2D eigenvalue weighted by Gasteiger charge is -2.30. The van der Waals surface area contributed by atoms with Gasteiger partial charge in [-0.1, -0.05) is 24.6 Å². The predicted molar refractivity (Wildman–Crippen MR) is 134 cm³/mol. The Bertz CT molecular complexity index is 1190. The fourth-order valence-corrected chi connectivity index (χ4v) is 4.92. The zero-order valence-electron chi connectivity index (χ0n) is 20.5. The number of carbonyl (C=O) groups is 1. The summed E-state index contributed by atoms with van der Waals surface area (Å²) in [6.07, 6.45) is 7.05. The molecule has 5 rings (SSSR count). The molecule has 1 aliphatic heterocycles. The Morgan fingerprint density at radius 1 is 1.15 bits per heavy atom. The van der Waals surface area contributed by atoms with E-state index in [9.17, 15) is 4.79 Å². The molecule has 0 spiro atoms. The van der Waals surface area contributed by atoms with Crippen LogP contribution in [0.1, 0.15) is 77.7 Å². The van der Waals surface area contributed by atoms with E-state index in [1.165, 1.54) is 17.5 Å². The quantitative estimate of drug-likeness (QED) is 0.525. The van der Waals surface area contributed by atoms with Crippen molar-refractivity contribution < 1.29 is 9.53 Å². The number of benzene rings is 1. The normalized spacial score (nSPS) is 17.0. The van der Waals surface area contributed by atoms with Gasteiger partial charge < -0.3 is 15.4 Å². The second-order valence-corrected chi connectivity index (χ2v) is 9.70. The van der Waals surface area contributed by atoms with Crippen molar-refractivity contribution in [2.45, 2.75) is 77.9 Å². The van der Waals surface area contributed by atoms with Crippen LogP contribution in [-0.4, -0.2) is 39.9 Å². The molecule has 2 aliphatic rings. The highest BCUT2D eigenvalue weighted by Crippen LogP contribution is 2.41. The molecule has 180 valence electrons. The van der Waals surface area contributed by atoms with Crippen molar-refractivity contribution in [3.63, 3.8) is 0 Å². The van der Waals surface area contributed by atoms with Gasteiger partial charge in [0.15, 0.2) is 5.65 Å². The number of fused-ring (bicyclic) bond motifs is 1. The van der Waals surface area contributed by atoms with Crippen LogP contribution in [0.25, 0.3) is 11.0 Å². The Labute approximate surface area is 201 Å². The summed E-state index contributed by atoms with van der Waals surface area (Å²) in [5.41, 5.74) is 6.96. The topological polar surface area (TPSA) is 81.1 Å². The molecule has 1 aliphatic carbocycles. The first-order chi connectivity index (χ1) is 16.5. The largest absolute Gasteiger partial charge is 0.381 e. The van der Waals surface area contributed by atoms with Crippen LogP contribution in [0.4, 0.5) is 5.69 Å². The number of ether oxygens (including phenoxy) is 1. The molecule has 0 unspecified atom stereocenters. The maximum absolute atomic E-state index is 13.8. The van der Waals surface area contributed by atoms with E-state index >= 15 is 0 Å². The van der Waals surface area contributed by atoms with Crippen LogP contribution in [0.15, 0.2) is 24.4 Å². The minimum absolute atomic E-state index is 0.0617. The van der Waals surface area contributed by atoms with Crippen molar-refractivity contribution in [2.24, 2.45) is 0 Å². The molecule has 7 heteroatoms. The van der Waals surface area contributed by atoms with Crippen molar-refractivity contribution in [1.29, 1.82) is 0 Å². The SMILES string of the molecule is CCn1ncc2c(NC3CCOCC3)c(C(=O)NCc3ccc(C)c(C)c3)c(C3CCC3)nc21. The minimum Gasteiger partial charge on any atom is -0.381 e. The highest BCUT2D eigenvalue weighted by molar-refractivity contribution is 6.08. The number of nitrogens with one attached hydrogen (secondary N) is 2. The molecular weight excluding hydrogens is 426 g/mol. The molecule has 34 heavy (non-hydrogen) atoms. The first kappa shape index (κ1) is 22.8. The van der Waals surface area contributed by atoms with E-state index in [4.69, 9.17) is 9.72 Å². The lowest BCUT2D eigenvalue weighted by molar-refractivity contribution is 0.0903. The highest BCUT2D eigenvalue weighted by Gasteiger charge is 2.31. The van der Waals surface area contributed by atoms with Gasteiger partial charge in [-0.05, 0) is 63.1 Å². The summed E-state index contributed by atoms with van der Waals surface area (Å²) in [5.74, 6) is 0.260. The molecule has 2 aromatic heterocycles. The van der Waals surface area contributed by atoms with Crippen molar-refractivity contribution in [3.8, 4) is 0 Å². The number of amides is 1. The van der Waals surface area contributed by atoms with E-state index in [0.29, 0.717) is 18.0 Å². The third-order valence-electron chi connectivity index (χ3n) is 7.43. The number of hydrogen-bond acceptors (Lipinski definition) is 5. The van der Waals surface area contributed by atoms with E-state index in [-0.39, 0.29) is 11.9 Å². The summed E-state index contributed by atoms with van der Waals surface area (Å²) in [6, 6.07) is 6.62. The summed E-state index contributed by atoms with van der Waals surface area (Å²) in [6.45, 7) is 9.01. The third-order valence-corrected chi connectivity index (χ3v) is 7.43. The van der Waals surface area contributed by atoms with Gasteiger partial charge in [0.2, 0.25) is 0 Å². The van der Waals surface area contributed by atoms with Crippen LogP contribution in [-0.2, 0) is 17.8 Å². The zero-order valence-corrected chi connectivity index (χ0v) is 20.5. The summed E-state index contributed by atoms with van der Waals surface area (Å²) < 4.78 is 7.50. The first-order valence-corrected chi connectivity index (χ1v) is 12.6. The van der Waals surface area contributed by atoms with Crippen LogP contribution in [0.2, 0.25) is 0 Å². The van der Waals surface area contributed by atoms with E-state index in [1.54, 1.807) is 0 Å². The predicted octanol–water partition coefficient (Wildman–Crippen LogP) is 4.86. The molecule has 1 saturated carbocycles. The van der Waals surface area contributed by atoms with Crippen LogP contribution in [0.5, 0.6) is 0 Å². The molecule has 1 amide bonds. The number of rotatable bonds is 7. The van der Waals surface area contributed by atoms with Gasteiger partial charge in [-0.2, -0.15) is 5.10 Å². The summed E-state index contributed by atoms with van der Waals surface area (Å²) in [5, 5.41) is 12.4. The molecule has 3 heterocycles. The van der Waals surface area contributed by atoms with Crippen LogP contribution in [0, 0.1) is 13.8 Å². The van der Waals surface area contributed by atoms with E-state index in [1.807, 2.05) is 10.9 Å². The Balaban J connectivity index is 1.54. The lowest BCUT2D eigenvalue weighted by atomic mass is 9.80. The number of hydrogen-bond donors (Lipinski definition) is 2. The monoisotopic (exact) mass is 461 g/mol. The van der Waals surface area contributed by atoms with Crippen molar-refractivity contribution in [3.05, 3.63) is 52.3 Å². The smallest absolute Gasteiger partial charge is 0.255 e. The average Bonchev–Trinajstić information content (AvgIpc) is 3.22. The maximum Gasteiger partial charge on any atom is 0.255 e.